The van der Waals surface area contributed by atoms with Crippen molar-refractivity contribution in [2.24, 2.45) is 0 Å². The van der Waals surface area contributed by atoms with Gasteiger partial charge in [-0.15, -0.1) is 11.3 Å². The normalized spacial score (nSPS) is 20.1. The summed E-state index contributed by atoms with van der Waals surface area (Å²) in [7, 11) is 0. The number of nitrogens with one attached hydrogen (secondary N) is 1. The first-order valence-corrected chi connectivity index (χ1v) is 8.36. The van der Waals surface area contributed by atoms with Gasteiger partial charge in [0.2, 0.25) is 5.91 Å². The van der Waals surface area contributed by atoms with E-state index in [9.17, 15) is 4.79 Å². The molecule has 0 radical (unpaired) electrons. The maximum atomic E-state index is 12.5. The van der Waals surface area contributed by atoms with Gasteiger partial charge >= 0.3 is 0 Å². The Labute approximate surface area is 117 Å². The molecule has 1 aromatic rings. The van der Waals surface area contributed by atoms with Crippen molar-refractivity contribution in [2.75, 3.05) is 18.1 Å². The van der Waals surface area contributed by atoms with Gasteiger partial charge in [0.25, 0.3) is 0 Å². The second-order valence-electron chi connectivity index (χ2n) is 4.72. The van der Waals surface area contributed by atoms with Crippen LogP contribution in [0.1, 0.15) is 18.7 Å². The molecule has 3 nitrogen and oxygen atoms in total. The van der Waals surface area contributed by atoms with Crippen molar-refractivity contribution in [3.63, 3.8) is 0 Å². The van der Waals surface area contributed by atoms with Crippen molar-refractivity contribution in [3.05, 3.63) is 22.4 Å². The predicted molar refractivity (Wildman–Crippen MR) is 79.1 cm³/mol. The monoisotopic (exact) mass is 284 g/mol. The van der Waals surface area contributed by atoms with E-state index in [0.29, 0.717) is 0 Å². The molecule has 1 saturated heterocycles. The number of thiophene rings is 1. The van der Waals surface area contributed by atoms with Crippen LogP contribution in [0.2, 0.25) is 0 Å². The Morgan fingerprint density at radius 3 is 3.00 bits per heavy atom. The zero-order valence-corrected chi connectivity index (χ0v) is 12.5. The molecule has 100 valence electrons. The summed E-state index contributed by atoms with van der Waals surface area (Å²) in [6.45, 7) is 5.84. The fourth-order valence-electron chi connectivity index (χ4n) is 2.01. The van der Waals surface area contributed by atoms with Crippen molar-refractivity contribution in [3.8, 4) is 0 Å². The summed E-state index contributed by atoms with van der Waals surface area (Å²) >= 11 is 3.57. The van der Waals surface area contributed by atoms with Crippen LogP contribution in [0.4, 0.5) is 0 Å². The Morgan fingerprint density at radius 2 is 2.44 bits per heavy atom. The van der Waals surface area contributed by atoms with E-state index in [1.54, 1.807) is 11.3 Å². The van der Waals surface area contributed by atoms with Crippen LogP contribution in [0.15, 0.2) is 17.5 Å². The smallest absolute Gasteiger partial charge is 0.241 e. The molecule has 1 amide bonds. The van der Waals surface area contributed by atoms with E-state index in [-0.39, 0.29) is 18.0 Å². The summed E-state index contributed by atoms with van der Waals surface area (Å²) in [4.78, 5) is 15.8. The lowest BCUT2D eigenvalue weighted by Gasteiger charge is -2.32. The molecule has 0 aromatic carbocycles. The summed E-state index contributed by atoms with van der Waals surface area (Å²) in [6.07, 6.45) is 0. The maximum absolute atomic E-state index is 12.5. The second kappa shape index (κ2) is 6.59. The number of hydrogen-bond acceptors (Lipinski definition) is 4. The van der Waals surface area contributed by atoms with E-state index in [2.05, 4.69) is 30.6 Å². The molecule has 1 atom stereocenters. The molecule has 0 saturated carbocycles. The molecular formula is C13H20N2OS2. The average Bonchev–Trinajstić information content (AvgIpc) is 2.89. The first-order chi connectivity index (χ1) is 8.68. The van der Waals surface area contributed by atoms with E-state index in [1.807, 2.05) is 22.7 Å². The van der Waals surface area contributed by atoms with Crippen LogP contribution in [0.25, 0.3) is 0 Å². The molecule has 18 heavy (non-hydrogen) atoms. The van der Waals surface area contributed by atoms with Crippen LogP contribution < -0.4 is 5.32 Å². The zero-order valence-electron chi connectivity index (χ0n) is 10.9. The lowest BCUT2D eigenvalue weighted by molar-refractivity contribution is -0.135. The Balaban J connectivity index is 2.02. The van der Waals surface area contributed by atoms with E-state index in [0.717, 1.165) is 24.6 Å². The van der Waals surface area contributed by atoms with Gasteiger partial charge in [-0.3, -0.25) is 4.79 Å². The number of hydrogen-bond donors (Lipinski definition) is 1. The van der Waals surface area contributed by atoms with E-state index < -0.39 is 0 Å². The molecule has 2 heterocycles. The van der Waals surface area contributed by atoms with Crippen LogP contribution in [0.3, 0.4) is 0 Å². The van der Waals surface area contributed by atoms with Crippen LogP contribution in [-0.2, 0) is 11.3 Å². The third kappa shape index (κ3) is 3.49. The Bertz CT molecular complexity index is 372. The van der Waals surface area contributed by atoms with Crippen LogP contribution in [0, 0.1) is 0 Å². The molecule has 1 fully saturated rings. The molecule has 0 bridgehead atoms. The molecule has 1 aromatic heterocycles. The van der Waals surface area contributed by atoms with E-state index in [1.165, 1.54) is 4.88 Å². The van der Waals surface area contributed by atoms with Crippen molar-refractivity contribution in [1.82, 2.24) is 10.2 Å². The lowest BCUT2D eigenvalue weighted by Crippen LogP contribution is -2.52. The molecule has 2 rings (SSSR count). The SMILES string of the molecule is CC(C)N(Cc1cccs1)C(=O)C1CSCCN1. The van der Waals surface area contributed by atoms with Crippen molar-refractivity contribution < 1.29 is 4.79 Å². The Kier molecular flexibility index (Phi) is 5.09. The van der Waals surface area contributed by atoms with Gasteiger partial charge in [0.1, 0.15) is 0 Å². The molecule has 5 heteroatoms. The molecule has 1 aliphatic rings. The summed E-state index contributed by atoms with van der Waals surface area (Å²) in [5.41, 5.74) is 0. The standard InChI is InChI=1S/C13H20N2OS2/c1-10(2)15(8-11-4-3-6-18-11)13(16)12-9-17-7-5-14-12/h3-4,6,10,12,14H,5,7-9H2,1-2H3. The molecule has 1 N–H and O–H groups in total. The highest BCUT2D eigenvalue weighted by molar-refractivity contribution is 7.99. The highest BCUT2D eigenvalue weighted by atomic mass is 32.2. The maximum Gasteiger partial charge on any atom is 0.241 e. The molecule has 1 unspecified atom stereocenters. The number of carbonyl (C=O) groups is 1. The minimum absolute atomic E-state index is 0.00823. The summed E-state index contributed by atoms with van der Waals surface area (Å²) in [5, 5.41) is 5.39. The topological polar surface area (TPSA) is 32.3 Å². The fraction of sp³-hybridized carbons (Fsp3) is 0.615. The fourth-order valence-corrected chi connectivity index (χ4v) is 3.64. The first kappa shape index (κ1) is 13.9. The van der Waals surface area contributed by atoms with E-state index >= 15 is 0 Å². The number of amides is 1. The summed E-state index contributed by atoms with van der Waals surface area (Å²) < 4.78 is 0. The van der Waals surface area contributed by atoms with Gasteiger partial charge in [-0.2, -0.15) is 11.8 Å². The number of nitrogens with zero attached hydrogens (tertiary/aromatic N) is 1. The highest BCUT2D eigenvalue weighted by Crippen LogP contribution is 2.17. The Morgan fingerprint density at radius 1 is 1.61 bits per heavy atom. The highest BCUT2D eigenvalue weighted by Gasteiger charge is 2.27. The van der Waals surface area contributed by atoms with Crippen molar-refractivity contribution >= 4 is 29.0 Å². The van der Waals surface area contributed by atoms with Gasteiger partial charge in [0.05, 0.1) is 12.6 Å². The summed E-state index contributed by atoms with van der Waals surface area (Å²) in [5.74, 6) is 2.24. The predicted octanol–water partition coefficient (Wildman–Crippen LogP) is 2.19. The van der Waals surface area contributed by atoms with Crippen molar-refractivity contribution in [2.45, 2.75) is 32.5 Å². The lowest BCUT2D eigenvalue weighted by atomic mass is 10.2. The van der Waals surface area contributed by atoms with Crippen LogP contribution >= 0.6 is 23.1 Å². The largest absolute Gasteiger partial charge is 0.334 e. The zero-order chi connectivity index (χ0) is 13.0. The van der Waals surface area contributed by atoms with Gasteiger partial charge in [0, 0.05) is 29.0 Å². The van der Waals surface area contributed by atoms with Crippen LogP contribution in [-0.4, -0.2) is 40.9 Å². The van der Waals surface area contributed by atoms with Gasteiger partial charge in [-0.25, -0.2) is 0 Å². The molecule has 0 aliphatic carbocycles. The third-order valence-corrected chi connectivity index (χ3v) is 4.96. The van der Waals surface area contributed by atoms with Gasteiger partial charge in [-0.1, -0.05) is 6.07 Å². The second-order valence-corrected chi connectivity index (χ2v) is 6.90. The van der Waals surface area contributed by atoms with E-state index in [4.69, 9.17) is 0 Å². The first-order valence-electron chi connectivity index (χ1n) is 6.32. The Hall–Kier alpha value is -0.520. The van der Waals surface area contributed by atoms with Gasteiger partial charge in [-0.05, 0) is 25.3 Å². The minimum atomic E-state index is -0.00823. The minimum Gasteiger partial charge on any atom is -0.334 e. The van der Waals surface area contributed by atoms with Crippen molar-refractivity contribution in [1.29, 1.82) is 0 Å². The number of thioether (sulfide) groups is 1. The number of rotatable bonds is 4. The summed E-state index contributed by atoms with van der Waals surface area (Å²) in [6, 6.07) is 4.37. The third-order valence-electron chi connectivity index (χ3n) is 3.03. The average molecular weight is 284 g/mol. The van der Waals surface area contributed by atoms with Gasteiger partial charge in [0.15, 0.2) is 0 Å². The molecular weight excluding hydrogens is 264 g/mol. The van der Waals surface area contributed by atoms with Crippen LogP contribution in [0.5, 0.6) is 0 Å². The van der Waals surface area contributed by atoms with Gasteiger partial charge < -0.3 is 10.2 Å². The molecule has 1 aliphatic heterocycles. The quantitative estimate of drug-likeness (QED) is 0.920. The molecule has 0 spiro atoms. The number of carbonyl (C=O) groups excluding carboxylic acids is 1.